The molecule has 2 fully saturated rings. The van der Waals surface area contributed by atoms with Gasteiger partial charge in [-0.3, -0.25) is 0 Å². The van der Waals surface area contributed by atoms with E-state index < -0.39 is 0 Å². The van der Waals surface area contributed by atoms with Gasteiger partial charge in [0.05, 0.1) is 12.2 Å². The Balaban J connectivity index is 1.69. The average Bonchev–Trinajstić information content (AvgIpc) is 2.35. The minimum Gasteiger partial charge on any atom is -0.374 e. The fourth-order valence-corrected chi connectivity index (χ4v) is 4.38. The van der Waals surface area contributed by atoms with E-state index in [2.05, 4.69) is 33.0 Å². The summed E-state index contributed by atoms with van der Waals surface area (Å²) in [7, 11) is 0. The molecular formula is C18H35NO. The van der Waals surface area contributed by atoms with Crippen LogP contribution in [0.4, 0.5) is 0 Å². The largest absolute Gasteiger partial charge is 0.374 e. The molecule has 2 aliphatic carbocycles. The predicted octanol–water partition coefficient (Wildman–Crippen LogP) is 4.53. The maximum atomic E-state index is 6.33. The Labute approximate surface area is 126 Å². The summed E-state index contributed by atoms with van der Waals surface area (Å²) in [6.07, 6.45) is 11.6. The third-order valence-electron chi connectivity index (χ3n) is 5.07. The zero-order valence-electron chi connectivity index (χ0n) is 14.1. The molecule has 0 heterocycles. The number of nitrogens with one attached hydrogen (secondary N) is 1. The lowest BCUT2D eigenvalue weighted by atomic mass is 9.71. The highest BCUT2D eigenvalue weighted by molar-refractivity contribution is 4.84. The fourth-order valence-electron chi connectivity index (χ4n) is 4.38. The first-order valence-corrected chi connectivity index (χ1v) is 8.83. The van der Waals surface area contributed by atoms with Gasteiger partial charge >= 0.3 is 0 Å². The second kappa shape index (κ2) is 7.26. The Hall–Kier alpha value is -0.0800. The molecule has 0 bridgehead atoms. The molecule has 0 aromatic carbocycles. The molecule has 3 unspecified atom stereocenters. The number of rotatable bonds is 5. The van der Waals surface area contributed by atoms with Gasteiger partial charge in [0.15, 0.2) is 0 Å². The van der Waals surface area contributed by atoms with Crippen molar-refractivity contribution in [2.45, 2.75) is 97.3 Å². The van der Waals surface area contributed by atoms with E-state index in [1.165, 1.54) is 51.4 Å². The highest BCUT2D eigenvalue weighted by Gasteiger charge is 2.33. The first kappa shape index (κ1) is 16.3. The van der Waals surface area contributed by atoms with Crippen LogP contribution < -0.4 is 5.32 Å². The monoisotopic (exact) mass is 281 g/mol. The van der Waals surface area contributed by atoms with Crippen LogP contribution in [-0.2, 0) is 4.74 Å². The second-order valence-electron chi connectivity index (χ2n) is 8.23. The van der Waals surface area contributed by atoms with Crippen molar-refractivity contribution in [1.29, 1.82) is 0 Å². The first-order chi connectivity index (χ1) is 9.44. The highest BCUT2D eigenvalue weighted by Crippen LogP contribution is 2.39. The lowest BCUT2D eigenvalue weighted by Gasteiger charge is -2.40. The van der Waals surface area contributed by atoms with E-state index in [0.717, 1.165) is 18.5 Å². The van der Waals surface area contributed by atoms with Gasteiger partial charge in [-0.1, -0.05) is 40.0 Å². The van der Waals surface area contributed by atoms with Crippen LogP contribution in [0.3, 0.4) is 0 Å². The van der Waals surface area contributed by atoms with Crippen molar-refractivity contribution in [3.05, 3.63) is 0 Å². The smallest absolute Gasteiger partial charge is 0.0675 e. The molecule has 20 heavy (non-hydrogen) atoms. The molecule has 0 aromatic rings. The maximum absolute atomic E-state index is 6.33. The molecule has 2 saturated carbocycles. The summed E-state index contributed by atoms with van der Waals surface area (Å²) in [5.41, 5.74) is 0.457. The van der Waals surface area contributed by atoms with Crippen LogP contribution in [0.1, 0.15) is 79.1 Å². The Morgan fingerprint density at radius 1 is 1.15 bits per heavy atom. The van der Waals surface area contributed by atoms with Crippen LogP contribution in [0.5, 0.6) is 0 Å². The Bertz CT molecular complexity index is 283. The summed E-state index contributed by atoms with van der Waals surface area (Å²) in [5.74, 6) is 0.808. The van der Waals surface area contributed by atoms with Gasteiger partial charge in [-0.05, 0) is 50.4 Å². The Morgan fingerprint density at radius 2 is 1.85 bits per heavy atom. The quantitative estimate of drug-likeness (QED) is 0.799. The number of ether oxygens (including phenoxy) is 1. The van der Waals surface area contributed by atoms with E-state index in [1.807, 2.05) is 0 Å². The maximum Gasteiger partial charge on any atom is 0.0675 e. The first-order valence-electron chi connectivity index (χ1n) is 8.83. The minimum atomic E-state index is 0.350. The molecule has 0 spiro atoms. The van der Waals surface area contributed by atoms with E-state index in [0.29, 0.717) is 17.6 Å². The van der Waals surface area contributed by atoms with Crippen LogP contribution in [0.2, 0.25) is 0 Å². The number of hydrogen-bond acceptors (Lipinski definition) is 2. The molecule has 1 N–H and O–H groups in total. The Kier molecular flexibility index (Phi) is 5.92. The van der Waals surface area contributed by atoms with Gasteiger partial charge < -0.3 is 10.1 Å². The van der Waals surface area contributed by atoms with Crippen LogP contribution in [0, 0.1) is 11.3 Å². The van der Waals surface area contributed by atoms with Gasteiger partial charge in [0.1, 0.15) is 0 Å². The van der Waals surface area contributed by atoms with E-state index >= 15 is 0 Å². The molecule has 0 aliphatic heterocycles. The van der Waals surface area contributed by atoms with E-state index in [4.69, 9.17) is 4.74 Å². The van der Waals surface area contributed by atoms with E-state index in [-0.39, 0.29) is 0 Å². The zero-order valence-corrected chi connectivity index (χ0v) is 14.1. The minimum absolute atomic E-state index is 0.350. The summed E-state index contributed by atoms with van der Waals surface area (Å²) in [6, 6.07) is 0.747. The van der Waals surface area contributed by atoms with Gasteiger partial charge in [0.2, 0.25) is 0 Å². The van der Waals surface area contributed by atoms with Crippen molar-refractivity contribution in [1.82, 2.24) is 5.32 Å². The summed E-state index contributed by atoms with van der Waals surface area (Å²) in [4.78, 5) is 0. The summed E-state index contributed by atoms with van der Waals surface area (Å²) in [5, 5.41) is 3.72. The van der Waals surface area contributed by atoms with Crippen molar-refractivity contribution in [2.24, 2.45) is 11.3 Å². The molecule has 2 aliphatic rings. The van der Waals surface area contributed by atoms with Crippen LogP contribution >= 0.6 is 0 Å². The number of hydrogen-bond donors (Lipinski definition) is 1. The van der Waals surface area contributed by atoms with E-state index in [1.54, 1.807) is 0 Å². The summed E-state index contributed by atoms with van der Waals surface area (Å²) < 4.78 is 6.33. The third-order valence-corrected chi connectivity index (χ3v) is 5.07. The van der Waals surface area contributed by atoms with Crippen LogP contribution in [0.15, 0.2) is 0 Å². The molecule has 2 nitrogen and oxygen atoms in total. The standard InChI is InChI=1S/C18H35NO/c1-14-10-17(12-18(3,4)11-14)20-15(2)13-19-16-8-6-5-7-9-16/h14-17,19H,5-13H2,1-4H3. The van der Waals surface area contributed by atoms with Gasteiger partial charge in [-0.25, -0.2) is 0 Å². The van der Waals surface area contributed by atoms with Crippen molar-refractivity contribution in [3.63, 3.8) is 0 Å². The molecule has 0 radical (unpaired) electrons. The van der Waals surface area contributed by atoms with Gasteiger partial charge in [0, 0.05) is 12.6 Å². The predicted molar refractivity (Wildman–Crippen MR) is 86.0 cm³/mol. The van der Waals surface area contributed by atoms with Gasteiger partial charge in [-0.2, -0.15) is 0 Å². The Morgan fingerprint density at radius 3 is 2.50 bits per heavy atom. The van der Waals surface area contributed by atoms with Crippen molar-refractivity contribution >= 4 is 0 Å². The zero-order chi connectivity index (χ0) is 14.6. The highest BCUT2D eigenvalue weighted by atomic mass is 16.5. The molecular weight excluding hydrogens is 246 g/mol. The second-order valence-corrected chi connectivity index (χ2v) is 8.23. The molecule has 2 heteroatoms. The SMILES string of the molecule is CC1CC(OC(C)CNC2CCCCC2)CC(C)(C)C1. The summed E-state index contributed by atoms with van der Waals surface area (Å²) in [6.45, 7) is 10.4. The van der Waals surface area contributed by atoms with Crippen molar-refractivity contribution < 1.29 is 4.74 Å². The average molecular weight is 281 g/mol. The lowest BCUT2D eigenvalue weighted by molar-refractivity contribution is -0.0584. The molecule has 0 saturated heterocycles. The van der Waals surface area contributed by atoms with Gasteiger partial charge in [0.25, 0.3) is 0 Å². The fraction of sp³-hybridized carbons (Fsp3) is 1.00. The topological polar surface area (TPSA) is 21.3 Å². The van der Waals surface area contributed by atoms with Crippen LogP contribution in [-0.4, -0.2) is 24.8 Å². The van der Waals surface area contributed by atoms with Crippen molar-refractivity contribution in [2.75, 3.05) is 6.54 Å². The van der Waals surface area contributed by atoms with Gasteiger partial charge in [-0.15, -0.1) is 0 Å². The normalized spacial score (nSPS) is 33.0. The summed E-state index contributed by atoms with van der Waals surface area (Å²) >= 11 is 0. The van der Waals surface area contributed by atoms with Crippen molar-refractivity contribution in [3.8, 4) is 0 Å². The molecule has 3 atom stereocenters. The third kappa shape index (κ3) is 5.37. The van der Waals surface area contributed by atoms with Crippen LogP contribution in [0.25, 0.3) is 0 Å². The molecule has 0 aromatic heterocycles. The van der Waals surface area contributed by atoms with E-state index in [9.17, 15) is 0 Å². The molecule has 0 amide bonds. The lowest BCUT2D eigenvalue weighted by Crippen LogP contribution is -2.40. The molecule has 118 valence electrons. The molecule has 2 rings (SSSR count).